The van der Waals surface area contributed by atoms with E-state index in [9.17, 15) is 9.18 Å². The Hall–Kier alpha value is -1.42. The first-order valence-electron chi connectivity index (χ1n) is 5.85. The Bertz CT molecular complexity index is 408. The fourth-order valence-corrected chi connectivity index (χ4v) is 2.52. The Labute approximate surface area is 99.7 Å². The smallest absolute Gasteiger partial charge is 0.303 e. The van der Waals surface area contributed by atoms with E-state index in [0.29, 0.717) is 12.1 Å². The molecule has 1 aromatic carbocycles. The summed E-state index contributed by atoms with van der Waals surface area (Å²) in [6.45, 7) is 1.46. The number of hydrogen-bond donors (Lipinski definition) is 2. The Morgan fingerprint density at radius 2 is 2.24 bits per heavy atom. The molecule has 1 heterocycles. The van der Waals surface area contributed by atoms with Crippen LogP contribution in [0.4, 0.5) is 4.39 Å². The molecule has 92 valence electrons. The summed E-state index contributed by atoms with van der Waals surface area (Å²) in [4.78, 5) is 10.8. The molecule has 17 heavy (non-hydrogen) atoms. The van der Waals surface area contributed by atoms with Gasteiger partial charge in [0.15, 0.2) is 0 Å². The summed E-state index contributed by atoms with van der Waals surface area (Å²) < 4.78 is 13.7. The number of aliphatic carboxylic acids is 1. The molecule has 2 unspecified atom stereocenters. The van der Waals surface area contributed by atoms with Crippen molar-refractivity contribution >= 4 is 5.97 Å². The molecule has 1 aliphatic rings. The van der Waals surface area contributed by atoms with Crippen LogP contribution in [0.3, 0.4) is 0 Å². The van der Waals surface area contributed by atoms with Crippen LogP contribution in [0.2, 0.25) is 0 Å². The van der Waals surface area contributed by atoms with Gasteiger partial charge in [-0.2, -0.15) is 0 Å². The van der Waals surface area contributed by atoms with Crippen LogP contribution in [0, 0.1) is 11.7 Å². The van der Waals surface area contributed by atoms with Gasteiger partial charge in [-0.25, -0.2) is 4.39 Å². The Kier molecular flexibility index (Phi) is 3.74. The highest BCUT2D eigenvalue weighted by atomic mass is 19.1. The second kappa shape index (κ2) is 5.27. The molecule has 0 aromatic heterocycles. The quantitative estimate of drug-likeness (QED) is 0.845. The van der Waals surface area contributed by atoms with E-state index in [2.05, 4.69) is 5.32 Å². The summed E-state index contributed by atoms with van der Waals surface area (Å²) in [5.41, 5.74) is 0.631. The highest BCUT2D eigenvalue weighted by Gasteiger charge is 2.29. The molecule has 2 rings (SSSR count). The van der Waals surface area contributed by atoms with Crippen molar-refractivity contribution in [3.8, 4) is 0 Å². The van der Waals surface area contributed by atoms with Crippen molar-refractivity contribution in [2.75, 3.05) is 13.1 Å². The number of benzene rings is 1. The number of carbonyl (C=O) groups is 1. The largest absolute Gasteiger partial charge is 0.481 e. The topological polar surface area (TPSA) is 49.3 Å². The van der Waals surface area contributed by atoms with E-state index in [1.807, 2.05) is 0 Å². The van der Waals surface area contributed by atoms with Crippen molar-refractivity contribution in [2.45, 2.75) is 18.8 Å². The van der Waals surface area contributed by atoms with Gasteiger partial charge in [0.1, 0.15) is 5.82 Å². The van der Waals surface area contributed by atoms with E-state index in [4.69, 9.17) is 5.11 Å². The molecule has 4 heteroatoms. The maximum Gasteiger partial charge on any atom is 0.303 e. The lowest BCUT2D eigenvalue weighted by atomic mass is 9.79. The third-order valence-electron chi connectivity index (χ3n) is 3.37. The molecule has 0 saturated carbocycles. The number of carboxylic acid groups (broad SMARTS) is 1. The standard InChI is InChI=1S/C13H16FNO2/c14-12-4-2-1-3-10(12)11-8-15-6-5-9(11)7-13(16)17/h1-4,9,11,15H,5-8H2,(H,16,17). The van der Waals surface area contributed by atoms with Gasteiger partial charge in [-0.05, 0) is 30.5 Å². The summed E-state index contributed by atoms with van der Waals surface area (Å²) in [7, 11) is 0. The number of hydrogen-bond acceptors (Lipinski definition) is 2. The van der Waals surface area contributed by atoms with Gasteiger partial charge in [0.25, 0.3) is 0 Å². The monoisotopic (exact) mass is 237 g/mol. The molecule has 3 nitrogen and oxygen atoms in total. The second-order valence-electron chi connectivity index (χ2n) is 4.48. The van der Waals surface area contributed by atoms with Crippen LogP contribution < -0.4 is 5.32 Å². The fourth-order valence-electron chi connectivity index (χ4n) is 2.52. The minimum Gasteiger partial charge on any atom is -0.481 e. The van der Waals surface area contributed by atoms with Crippen LogP contribution in [-0.4, -0.2) is 24.2 Å². The SMILES string of the molecule is O=C(O)CC1CCNCC1c1ccccc1F. The molecule has 0 spiro atoms. The number of nitrogens with one attached hydrogen (secondary N) is 1. The van der Waals surface area contributed by atoms with E-state index in [-0.39, 0.29) is 24.1 Å². The molecule has 1 saturated heterocycles. The van der Waals surface area contributed by atoms with E-state index in [1.54, 1.807) is 18.2 Å². The van der Waals surface area contributed by atoms with Crippen LogP contribution in [-0.2, 0) is 4.79 Å². The molecule has 0 radical (unpaired) electrons. The zero-order valence-electron chi connectivity index (χ0n) is 9.53. The highest BCUT2D eigenvalue weighted by molar-refractivity contribution is 5.67. The second-order valence-corrected chi connectivity index (χ2v) is 4.48. The van der Waals surface area contributed by atoms with Crippen LogP contribution in [0.1, 0.15) is 24.3 Å². The molecule has 1 fully saturated rings. The van der Waals surface area contributed by atoms with Gasteiger partial charge in [0, 0.05) is 18.9 Å². The van der Waals surface area contributed by atoms with Crippen molar-refractivity contribution in [3.63, 3.8) is 0 Å². The zero-order valence-corrected chi connectivity index (χ0v) is 9.53. The molecular formula is C13H16FNO2. The van der Waals surface area contributed by atoms with E-state index in [1.165, 1.54) is 6.07 Å². The molecule has 1 aromatic rings. The number of carboxylic acids is 1. The highest BCUT2D eigenvalue weighted by Crippen LogP contribution is 2.32. The third-order valence-corrected chi connectivity index (χ3v) is 3.37. The Morgan fingerprint density at radius 3 is 2.94 bits per heavy atom. The molecule has 1 aliphatic heterocycles. The average molecular weight is 237 g/mol. The summed E-state index contributed by atoms with van der Waals surface area (Å²) in [6, 6.07) is 6.63. The average Bonchev–Trinajstić information content (AvgIpc) is 2.30. The minimum atomic E-state index is -0.807. The summed E-state index contributed by atoms with van der Waals surface area (Å²) >= 11 is 0. The predicted octanol–water partition coefficient (Wildman–Crippen LogP) is 1.99. The van der Waals surface area contributed by atoms with Gasteiger partial charge >= 0.3 is 5.97 Å². The normalized spacial score (nSPS) is 24.5. The van der Waals surface area contributed by atoms with Crippen molar-refractivity contribution in [1.82, 2.24) is 5.32 Å². The van der Waals surface area contributed by atoms with E-state index in [0.717, 1.165) is 13.0 Å². The zero-order chi connectivity index (χ0) is 12.3. The predicted molar refractivity (Wildman–Crippen MR) is 62.4 cm³/mol. The first-order chi connectivity index (χ1) is 8.18. The Balaban J connectivity index is 2.21. The number of halogens is 1. The lowest BCUT2D eigenvalue weighted by molar-refractivity contribution is -0.138. The van der Waals surface area contributed by atoms with Crippen LogP contribution in [0.25, 0.3) is 0 Å². The van der Waals surface area contributed by atoms with Gasteiger partial charge in [0.2, 0.25) is 0 Å². The first-order valence-corrected chi connectivity index (χ1v) is 5.85. The molecular weight excluding hydrogens is 221 g/mol. The van der Waals surface area contributed by atoms with Crippen molar-refractivity contribution in [1.29, 1.82) is 0 Å². The molecule has 0 amide bonds. The first kappa shape index (κ1) is 12.0. The third kappa shape index (κ3) is 2.82. The van der Waals surface area contributed by atoms with Gasteiger partial charge in [0.05, 0.1) is 0 Å². The summed E-state index contributed by atoms with van der Waals surface area (Å²) in [5, 5.41) is 12.1. The summed E-state index contributed by atoms with van der Waals surface area (Å²) in [5.74, 6) is -1.07. The van der Waals surface area contributed by atoms with Crippen LogP contribution >= 0.6 is 0 Å². The van der Waals surface area contributed by atoms with Crippen LogP contribution in [0.5, 0.6) is 0 Å². The molecule has 2 atom stereocenters. The Morgan fingerprint density at radius 1 is 1.47 bits per heavy atom. The van der Waals surface area contributed by atoms with Gasteiger partial charge in [-0.1, -0.05) is 18.2 Å². The summed E-state index contributed by atoms with van der Waals surface area (Å²) in [6.07, 6.45) is 0.895. The lowest BCUT2D eigenvalue weighted by Crippen LogP contribution is -2.36. The number of piperidine rings is 1. The maximum absolute atomic E-state index is 13.7. The molecule has 2 N–H and O–H groups in total. The van der Waals surface area contributed by atoms with Crippen LogP contribution in [0.15, 0.2) is 24.3 Å². The molecule has 0 aliphatic carbocycles. The number of rotatable bonds is 3. The van der Waals surface area contributed by atoms with E-state index < -0.39 is 5.97 Å². The van der Waals surface area contributed by atoms with Gasteiger partial charge in [-0.15, -0.1) is 0 Å². The maximum atomic E-state index is 13.7. The lowest BCUT2D eigenvalue weighted by Gasteiger charge is -2.31. The minimum absolute atomic E-state index is 0.0191. The van der Waals surface area contributed by atoms with E-state index >= 15 is 0 Å². The molecule has 0 bridgehead atoms. The van der Waals surface area contributed by atoms with Gasteiger partial charge < -0.3 is 10.4 Å². The van der Waals surface area contributed by atoms with Gasteiger partial charge in [-0.3, -0.25) is 4.79 Å². The fraction of sp³-hybridized carbons (Fsp3) is 0.462. The van der Waals surface area contributed by atoms with Crippen molar-refractivity contribution in [2.24, 2.45) is 5.92 Å². The van der Waals surface area contributed by atoms with Crippen molar-refractivity contribution in [3.05, 3.63) is 35.6 Å². The van der Waals surface area contributed by atoms with Crippen molar-refractivity contribution < 1.29 is 14.3 Å².